The second-order valence-corrected chi connectivity index (χ2v) is 5.59. The molecule has 3 rings (SSSR count). The van der Waals surface area contributed by atoms with Gasteiger partial charge >= 0.3 is 0 Å². The molecule has 4 nitrogen and oxygen atoms in total. The molecule has 2 aromatic carbocycles. The molecule has 0 fully saturated rings. The van der Waals surface area contributed by atoms with Crippen LogP contribution < -0.4 is 5.32 Å². The first-order valence-corrected chi connectivity index (χ1v) is 7.79. The van der Waals surface area contributed by atoms with Gasteiger partial charge in [0.1, 0.15) is 23.8 Å². The van der Waals surface area contributed by atoms with Crippen LogP contribution in [0, 0.1) is 17.5 Å². The smallest absolute Gasteiger partial charge is 0.224 e. The summed E-state index contributed by atoms with van der Waals surface area (Å²) in [6, 6.07) is 10.6. The Morgan fingerprint density at radius 1 is 0.923 bits per heavy atom. The Hall–Kier alpha value is -3.22. The molecule has 0 spiro atoms. The molecule has 1 amide bonds. The fourth-order valence-corrected chi connectivity index (χ4v) is 2.36. The third-order valence-electron chi connectivity index (χ3n) is 3.70. The maximum atomic E-state index is 13.6. The number of amides is 1. The molecule has 0 bridgehead atoms. The number of nitrogens with one attached hydrogen (secondary N) is 1. The van der Waals surface area contributed by atoms with Crippen LogP contribution in [0.25, 0.3) is 11.3 Å². The summed E-state index contributed by atoms with van der Waals surface area (Å²) in [5.74, 6) is -2.22. The number of nitrogens with zero attached hydrogens (tertiary/aromatic N) is 2. The average Bonchev–Trinajstić information content (AvgIpc) is 2.63. The van der Waals surface area contributed by atoms with Gasteiger partial charge in [0, 0.05) is 11.6 Å². The summed E-state index contributed by atoms with van der Waals surface area (Å²) >= 11 is 0. The third kappa shape index (κ3) is 4.44. The van der Waals surface area contributed by atoms with Crippen LogP contribution in [0.4, 0.5) is 13.2 Å². The number of aromatic nitrogens is 2. The number of hydrogen-bond acceptors (Lipinski definition) is 3. The Bertz CT molecular complexity index is 930. The van der Waals surface area contributed by atoms with E-state index < -0.39 is 17.5 Å². The molecule has 0 aliphatic heterocycles. The van der Waals surface area contributed by atoms with Crippen LogP contribution in [0.3, 0.4) is 0 Å². The zero-order chi connectivity index (χ0) is 18.5. The summed E-state index contributed by atoms with van der Waals surface area (Å²) in [5, 5.41) is 2.63. The first kappa shape index (κ1) is 17.6. The van der Waals surface area contributed by atoms with E-state index in [-0.39, 0.29) is 24.3 Å². The summed E-state index contributed by atoms with van der Waals surface area (Å²) in [4.78, 5) is 20.1. The molecule has 3 aromatic rings. The van der Waals surface area contributed by atoms with Crippen molar-refractivity contribution in [3.05, 3.63) is 83.6 Å². The van der Waals surface area contributed by atoms with Gasteiger partial charge in [0.15, 0.2) is 0 Å². The maximum Gasteiger partial charge on any atom is 0.224 e. The monoisotopic (exact) mass is 357 g/mol. The van der Waals surface area contributed by atoms with Gasteiger partial charge in [-0.3, -0.25) is 4.79 Å². The lowest BCUT2D eigenvalue weighted by atomic mass is 10.1. The van der Waals surface area contributed by atoms with Crippen molar-refractivity contribution >= 4 is 5.91 Å². The first-order valence-electron chi connectivity index (χ1n) is 7.79. The van der Waals surface area contributed by atoms with E-state index in [1.54, 1.807) is 18.2 Å². The molecule has 0 aliphatic rings. The van der Waals surface area contributed by atoms with Gasteiger partial charge in [0.2, 0.25) is 5.91 Å². The Morgan fingerprint density at radius 2 is 1.65 bits per heavy atom. The summed E-state index contributed by atoms with van der Waals surface area (Å²) in [5.41, 5.74) is 1.97. The van der Waals surface area contributed by atoms with E-state index in [1.165, 1.54) is 24.5 Å². The molecule has 1 aromatic heterocycles. The molecule has 1 N–H and O–H groups in total. The quantitative estimate of drug-likeness (QED) is 0.761. The Morgan fingerprint density at radius 3 is 2.38 bits per heavy atom. The SMILES string of the molecule is O=C(Cc1ccc(F)cc1F)NCc1cc(-c2ccc(F)cc2)ncn1. The second kappa shape index (κ2) is 7.77. The van der Waals surface area contributed by atoms with Crippen molar-refractivity contribution < 1.29 is 18.0 Å². The summed E-state index contributed by atoms with van der Waals surface area (Å²) in [6.07, 6.45) is 1.14. The number of hydrogen-bond donors (Lipinski definition) is 1. The van der Waals surface area contributed by atoms with Gasteiger partial charge in [-0.1, -0.05) is 6.07 Å². The van der Waals surface area contributed by atoms with Crippen LogP contribution in [-0.4, -0.2) is 15.9 Å². The standard InChI is InChI=1S/C19H14F3N3O/c20-14-4-1-12(2-5-14)18-9-16(24-11-25-18)10-23-19(26)7-13-3-6-15(21)8-17(13)22/h1-6,8-9,11H,7,10H2,(H,23,26). The highest BCUT2D eigenvalue weighted by Crippen LogP contribution is 2.17. The largest absolute Gasteiger partial charge is 0.350 e. The molecule has 0 saturated carbocycles. The zero-order valence-corrected chi connectivity index (χ0v) is 13.5. The van der Waals surface area contributed by atoms with E-state index in [0.717, 1.165) is 17.7 Å². The molecule has 7 heteroatoms. The second-order valence-electron chi connectivity index (χ2n) is 5.59. The molecular formula is C19H14F3N3O. The van der Waals surface area contributed by atoms with Crippen molar-refractivity contribution in [1.29, 1.82) is 0 Å². The van der Waals surface area contributed by atoms with E-state index in [2.05, 4.69) is 15.3 Å². The molecule has 0 atom stereocenters. The first-order chi connectivity index (χ1) is 12.5. The van der Waals surface area contributed by atoms with Gasteiger partial charge < -0.3 is 5.32 Å². The maximum absolute atomic E-state index is 13.6. The predicted octanol–water partition coefficient (Wildman–Crippen LogP) is 3.42. The van der Waals surface area contributed by atoms with Crippen LogP contribution in [0.1, 0.15) is 11.3 Å². The predicted molar refractivity (Wildman–Crippen MR) is 89.3 cm³/mol. The van der Waals surface area contributed by atoms with Crippen molar-refractivity contribution in [3.8, 4) is 11.3 Å². The highest BCUT2D eigenvalue weighted by molar-refractivity contribution is 5.78. The van der Waals surface area contributed by atoms with E-state index in [4.69, 9.17) is 0 Å². The van der Waals surface area contributed by atoms with Crippen LogP contribution in [0.5, 0.6) is 0 Å². The fraction of sp³-hybridized carbons (Fsp3) is 0.105. The lowest BCUT2D eigenvalue weighted by Crippen LogP contribution is -2.25. The van der Waals surface area contributed by atoms with E-state index >= 15 is 0 Å². The number of rotatable bonds is 5. The number of benzene rings is 2. The molecule has 132 valence electrons. The Kier molecular flexibility index (Phi) is 5.26. The van der Waals surface area contributed by atoms with E-state index in [1.807, 2.05) is 0 Å². The van der Waals surface area contributed by atoms with E-state index in [0.29, 0.717) is 11.4 Å². The summed E-state index contributed by atoms with van der Waals surface area (Å²) in [6.45, 7) is 0.123. The molecule has 1 heterocycles. The van der Waals surface area contributed by atoms with Gasteiger partial charge in [-0.05, 0) is 42.0 Å². The molecule has 0 aliphatic carbocycles. The van der Waals surface area contributed by atoms with Crippen molar-refractivity contribution in [2.45, 2.75) is 13.0 Å². The minimum Gasteiger partial charge on any atom is -0.350 e. The summed E-state index contributed by atoms with van der Waals surface area (Å²) in [7, 11) is 0. The van der Waals surface area contributed by atoms with Gasteiger partial charge in [-0.25, -0.2) is 23.1 Å². The number of carbonyl (C=O) groups excluding carboxylic acids is 1. The third-order valence-corrected chi connectivity index (χ3v) is 3.70. The van der Waals surface area contributed by atoms with Crippen molar-refractivity contribution in [3.63, 3.8) is 0 Å². The Labute approximate surface area is 147 Å². The number of carbonyl (C=O) groups is 1. The van der Waals surface area contributed by atoms with E-state index in [9.17, 15) is 18.0 Å². The lowest BCUT2D eigenvalue weighted by molar-refractivity contribution is -0.120. The zero-order valence-electron chi connectivity index (χ0n) is 13.5. The topological polar surface area (TPSA) is 54.9 Å². The molecule has 0 unspecified atom stereocenters. The fourth-order valence-electron chi connectivity index (χ4n) is 2.36. The van der Waals surface area contributed by atoms with Crippen molar-refractivity contribution in [2.24, 2.45) is 0 Å². The van der Waals surface area contributed by atoms with Crippen LogP contribution in [-0.2, 0) is 17.8 Å². The lowest BCUT2D eigenvalue weighted by Gasteiger charge is -2.07. The van der Waals surface area contributed by atoms with Crippen LogP contribution in [0.2, 0.25) is 0 Å². The normalized spacial score (nSPS) is 10.6. The number of halogens is 3. The average molecular weight is 357 g/mol. The Balaban J connectivity index is 1.63. The van der Waals surface area contributed by atoms with Crippen LogP contribution >= 0.6 is 0 Å². The van der Waals surface area contributed by atoms with Gasteiger partial charge in [-0.2, -0.15) is 0 Å². The van der Waals surface area contributed by atoms with Crippen molar-refractivity contribution in [1.82, 2.24) is 15.3 Å². The molecule has 0 saturated heterocycles. The van der Waals surface area contributed by atoms with Gasteiger partial charge in [0.25, 0.3) is 0 Å². The molecule has 26 heavy (non-hydrogen) atoms. The van der Waals surface area contributed by atoms with Crippen molar-refractivity contribution in [2.75, 3.05) is 0 Å². The highest BCUT2D eigenvalue weighted by Gasteiger charge is 2.10. The molecule has 0 radical (unpaired) electrons. The summed E-state index contributed by atoms with van der Waals surface area (Å²) < 4.78 is 39.4. The highest BCUT2D eigenvalue weighted by atomic mass is 19.1. The molecular weight excluding hydrogens is 343 g/mol. The van der Waals surface area contributed by atoms with Gasteiger partial charge in [-0.15, -0.1) is 0 Å². The minimum atomic E-state index is -0.763. The van der Waals surface area contributed by atoms with Gasteiger partial charge in [0.05, 0.1) is 24.4 Å². The minimum absolute atomic E-state index is 0.110. The van der Waals surface area contributed by atoms with Crippen LogP contribution in [0.15, 0.2) is 54.9 Å².